The Hall–Kier alpha value is -1.44. The minimum Gasteiger partial charge on any atom is -0.243 e. The number of hydrogen-bond acceptors (Lipinski definition) is 3. The van der Waals surface area contributed by atoms with Crippen molar-refractivity contribution in [3.05, 3.63) is 0 Å². The molecule has 0 heterocycles. The van der Waals surface area contributed by atoms with E-state index in [1.165, 1.54) is 6.19 Å². The van der Waals surface area contributed by atoms with Crippen LogP contribution in [0.1, 0.15) is 0 Å². The molecule has 2 amide bonds. The standard InChI is InChI=1S/C2H2N4O/c3-1-5-2(7)6-4/h4H,(H,5,7). The van der Waals surface area contributed by atoms with E-state index in [2.05, 4.69) is 5.11 Å². The third-order valence-corrected chi connectivity index (χ3v) is 0.264. The second-order valence-electron chi connectivity index (χ2n) is 0.654. The molecular weight excluding hydrogens is 96.0 g/mol. The Kier molecular flexibility index (Phi) is 2.21. The first kappa shape index (κ1) is 5.56. The molecule has 0 aliphatic heterocycles. The van der Waals surface area contributed by atoms with Crippen molar-refractivity contribution in [3.63, 3.8) is 0 Å². The Morgan fingerprint density at radius 2 is 2.57 bits per heavy atom. The van der Waals surface area contributed by atoms with E-state index in [1.807, 2.05) is 0 Å². The van der Waals surface area contributed by atoms with Gasteiger partial charge in [-0.1, -0.05) is 5.11 Å². The molecule has 0 spiro atoms. The molecule has 0 saturated heterocycles. The van der Waals surface area contributed by atoms with Crippen LogP contribution in [0.2, 0.25) is 0 Å². The number of carbonyl (C=O) groups excluding carboxylic acids is 1. The summed E-state index contributed by atoms with van der Waals surface area (Å²) in [6.07, 6.45) is 1.31. The number of amides is 2. The quantitative estimate of drug-likeness (QED) is 0.257. The Morgan fingerprint density at radius 3 is 2.71 bits per heavy atom. The van der Waals surface area contributed by atoms with Crippen molar-refractivity contribution >= 4 is 6.03 Å². The van der Waals surface area contributed by atoms with Crippen LogP contribution in [0, 0.1) is 17.0 Å². The van der Waals surface area contributed by atoms with E-state index in [9.17, 15) is 4.79 Å². The van der Waals surface area contributed by atoms with E-state index in [4.69, 9.17) is 10.8 Å². The minimum atomic E-state index is -0.942. The molecule has 0 fully saturated rings. The first-order valence-electron chi connectivity index (χ1n) is 1.37. The lowest BCUT2D eigenvalue weighted by atomic mass is 11.0. The SMILES string of the molecule is N#CNC(=O)N=N. The third kappa shape index (κ3) is 2.36. The fourth-order valence-electron chi connectivity index (χ4n) is 0.0758. The van der Waals surface area contributed by atoms with Gasteiger partial charge in [-0.15, -0.1) is 0 Å². The molecule has 0 aromatic rings. The second-order valence-corrected chi connectivity index (χ2v) is 0.654. The highest BCUT2D eigenvalue weighted by Crippen LogP contribution is 1.64. The molecule has 2 N–H and O–H groups in total. The van der Waals surface area contributed by atoms with E-state index in [-0.39, 0.29) is 0 Å². The smallest absolute Gasteiger partial charge is 0.243 e. The number of nitrogens with one attached hydrogen (secondary N) is 2. The lowest BCUT2D eigenvalue weighted by molar-refractivity contribution is 0.250. The monoisotopic (exact) mass is 98.0 g/mol. The van der Waals surface area contributed by atoms with Gasteiger partial charge in [0.1, 0.15) is 0 Å². The average Bonchev–Trinajstić information content (AvgIpc) is 1.68. The van der Waals surface area contributed by atoms with Gasteiger partial charge in [-0.25, -0.2) is 10.1 Å². The van der Waals surface area contributed by atoms with Gasteiger partial charge >= 0.3 is 6.03 Å². The largest absolute Gasteiger partial charge is 0.372 e. The van der Waals surface area contributed by atoms with Crippen molar-refractivity contribution in [2.45, 2.75) is 0 Å². The zero-order valence-electron chi connectivity index (χ0n) is 3.30. The molecule has 0 saturated carbocycles. The number of urea groups is 1. The molecule has 5 heteroatoms. The lowest BCUT2D eigenvalue weighted by Crippen LogP contribution is -2.10. The van der Waals surface area contributed by atoms with Gasteiger partial charge in [-0.2, -0.15) is 10.8 Å². The van der Waals surface area contributed by atoms with E-state index >= 15 is 0 Å². The van der Waals surface area contributed by atoms with Gasteiger partial charge in [0.05, 0.1) is 0 Å². The average molecular weight is 98.1 g/mol. The van der Waals surface area contributed by atoms with Gasteiger partial charge in [0, 0.05) is 0 Å². The molecule has 0 atom stereocenters. The molecular formula is C2H2N4O. The fraction of sp³-hybridized carbons (Fsp3) is 0. The van der Waals surface area contributed by atoms with Crippen molar-refractivity contribution in [1.82, 2.24) is 5.32 Å². The van der Waals surface area contributed by atoms with Crippen LogP contribution in [0.15, 0.2) is 5.11 Å². The van der Waals surface area contributed by atoms with E-state index in [0.29, 0.717) is 0 Å². The molecule has 5 nitrogen and oxygen atoms in total. The van der Waals surface area contributed by atoms with Crippen LogP contribution in [0.5, 0.6) is 0 Å². The Labute approximate surface area is 39.4 Å². The maximum absolute atomic E-state index is 9.72. The van der Waals surface area contributed by atoms with Gasteiger partial charge in [-0.05, 0) is 0 Å². The lowest BCUT2D eigenvalue weighted by Gasteiger charge is -1.76. The molecule has 0 radical (unpaired) electrons. The van der Waals surface area contributed by atoms with Crippen LogP contribution in [-0.4, -0.2) is 6.03 Å². The highest BCUT2D eigenvalue weighted by atomic mass is 16.2. The van der Waals surface area contributed by atoms with Crippen molar-refractivity contribution in [2.75, 3.05) is 0 Å². The molecule has 0 rings (SSSR count). The third-order valence-electron chi connectivity index (χ3n) is 0.264. The molecule has 36 valence electrons. The first-order valence-corrected chi connectivity index (χ1v) is 1.37. The van der Waals surface area contributed by atoms with Gasteiger partial charge in [0.2, 0.25) is 0 Å². The summed E-state index contributed by atoms with van der Waals surface area (Å²) in [4.78, 5) is 9.72. The molecule has 0 aliphatic rings. The zero-order valence-corrected chi connectivity index (χ0v) is 3.30. The van der Waals surface area contributed by atoms with Crippen LogP contribution in [0.4, 0.5) is 4.79 Å². The predicted molar refractivity (Wildman–Crippen MR) is 19.3 cm³/mol. The Balaban J connectivity index is 3.42. The highest BCUT2D eigenvalue weighted by molar-refractivity contribution is 5.75. The van der Waals surface area contributed by atoms with E-state index in [0.717, 1.165) is 0 Å². The summed E-state index contributed by atoms with van der Waals surface area (Å²) in [7, 11) is 0. The molecule has 7 heavy (non-hydrogen) atoms. The maximum atomic E-state index is 9.72. The van der Waals surface area contributed by atoms with E-state index < -0.39 is 6.03 Å². The molecule has 0 bridgehead atoms. The van der Waals surface area contributed by atoms with Crippen molar-refractivity contribution < 1.29 is 4.79 Å². The van der Waals surface area contributed by atoms with Gasteiger partial charge in [0.15, 0.2) is 6.19 Å². The molecule has 0 aromatic carbocycles. The summed E-state index contributed by atoms with van der Waals surface area (Å²) in [5, 5.41) is 11.6. The topological polar surface area (TPSA) is 89.1 Å². The predicted octanol–water partition coefficient (Wildman–Crippen LogP) is 0.208. The van der Waals surface area contributed by atoms with Crippen LogP contribution >= 0.6 is 0 Å². The molecule has 0 aliphatic carbocycles. The van der Waals surface area contributed by atoms with Crippen molar-refractivity contribution in [2.24, 2.45) is 5.11 Å². The zero-order chi connectivity index (χ0) is 5.70. The van der Waals surface area contributed by atoms with Gasteiger partial charge in [-0.3, -0.25) is 0 Å². The number of carbonyl (C=O) groups is 1. The Morgan fingerprint density at radius 1 is 2.00 bits per heavy atom. The summed E-state index contributed by atoms with van der Waals surface area (Å²) in [6, 6.07) is -0.942. The summed E-state index contributed by atoms with van der Waals surface area (Å²) < 4.78 is 0. The number of nitrogens with zero attached hydrogens (tertiary/aromatic N) is 2. The van der Waals surface area contributed by atoms with Gasteiger partial charge in [0.25, 0.3) is 0 Å². The molecule has 0 aromatic heterocycles. The van der Waals surface area contributed by atoms with Gasteiger partial charge < -0.3 is 0 Å². The van der Waals surface area contributed by atoms with Crippen LogP contribution < -0.4 is 5.32 Å². The number of nitriles is 1. The fourth-order valence-corrected chi connectivity index (χ4v) is 0.0758. The molecule has 0 unspecified atom stereocenters. The van der Waals surface area contributed by atoms with Crippen molar-refractivity contribution in [3.8, 4) is 6.19 Å². The second kappa shape index (κ2) is 2.78. The van der Waals surface area contributed by atoms with E-state index in [1.54, 1.807) is 5.32 Å². The van der Waals surface area contributed by atoms with Crippen LogP contribution in [0.3, 0.4) is 0 Å². The summed E-state index contributed by atoms with van der Waals surface area (Å²) >= 11 is 0. The summed E-state index contributed by atoms with van der Waals surface area (Å²) in [5.41, 5.74) is 5.97. The summed E-state index contributed by atoms with van der Waals surface area (Å²) in [6.45, 7) is 0. The van der Waals surface area contributed by atoms with Crippen LogP contribution in [0.25, 0.3) is 0 Å². The minimum absolute atomic E-state index is 0.942. The number of hydrogen-bond donors (Lipinski definition) is 2. The van der Waals surface area contributed by atoms with Crippen molar-refractivity contribution in [1.29, 1.82) is 10.8 Å². The maximum Gasteiger partial charge on any atom is 0.372 e. The highest BCUT2D eigenvalue weighted by Gasteiger charge is 1.87. The normalized spacial score (nSPS) is 6.14. The number of rotatable bonds is 0. The summed E-state index contributed by atoms with van der Waals surface area (Å²) in [5.74, 6) is 0. The Bertz CT molecular complexity index is 122. The van der Waals surface area contributed by atoms with Crippen LogP contribution in [-0.2, 0) is 0 Å². The first-order chi connectivity index (χ1) is 3.31.